The highest BCUT2D eigenvalue weighted by Gasteiger charge is 2.55. The van der Waals surface area contributed by atoms with E-state index in [1.54, 1.807) is 13.8 Å². The number of hydrogen-bond donors (Lipinski definition) is 1. The highest BCUT2D eigenvalue weighted by molar-refractivity contribution is 5.93. The van der Waals surface area contributed by atoms with Gasteiger partial charge in [0.1, 0.15) is 5.60 Å². The fourth-order valence-corrected chi connectivity index (χ4v) is 3.21. The fourth-order valence-electron chi connectivity index (χ4n) is 3.21. The molecule has 1 heterocycles. The summed E-state index contributed by atoms with van der Waals surface area (Å²) >= 11 is 0. The zero-order valence-corrected chi connectivity index (χ0v) is 11.6. The lowest BCUT2D eigenvalue weighted by molar-refractivity contribution is -0.152. The molecular weight excluding hydrogens is 228 g/mol. The Labute approximate surface area is 109 Å². The van der Waals surface area contributed by atoms with Crippen LogP contribution in [0.2, 0.25) is 0 Å². The van der Waals surface area contributed by atoms with Crippen LogP contribution in [0.1, 0.15) is 40.5 Å². The molecule has 1 N–H and O–H groups in total. The lowest BCUT2D eigenvalue weighted by Gasteiger charge is -2.32. The van der Waals surface area contributed by atoms with E-state index in [0.29, 0.717) is 5.57 Å². The van der Waals surface area contributed by atoms with E-state index in [9.17, 15) is 9.90 Å². The highest BCUT2D eigenvalue weighted by atomic mass is 16.6. The average Bonchev–Trinajstić information content (AvgIpc) is 2.70. The summed E-state index contributed by atoms with van der Waals surface area (Å²) in [6, 6.07) is 0. The Hall–Kier alpha value is -1.09. The van der Waals surface area contributed by atoms with Gasteiger partial charge in [-0.15, -0.1) is 0 Å². The molecule has 2 aliphatic rings. The van der Waals surface area contributed by atoms with Crippen LogP contribution in [0.5, 0.6) is 0 Å². The molecule has 100 valence electrons. The van der Waals surface area contributed by atoms with E-state index in [2.05, 4.69) is 13.5 Å². The van der Waals surface area contributed by atoms with Crippen molar-refractivity contribution in [1.82, 2.24) is 0 Å². The summed E-state index contributed by atoms with van der Waals surface area (Å²) in [6.07, 6.45) is 3.85. The van der Waals surface area contributed by atoms with Crippen molar-refractivity contribution in [1.29, 1.82) is 0 Å². The summed E-state index contributed by atoms with van der Waals surface area (Å²) in [5.74, 6) is 0.0433. The summed E-state index contributed by atoms with van der Waals surface area (Å²) in [6.45, 7) is 11.3. The van der Waals surface area contributed by atoms with E-state index in [1.165, 1.54) is 0 Å². The molecule has 1 aliphatic carbocycles. The maximum absolute atomic E-state index is 12.0. The minimum atomic E-state index is -1.15. The predicted octanol–water partition coefficient (Wildman–Crippen LogP) is 2.60. The van der Waals surface area contributed by atoms with Gasteiger partial charge < -0.3 is 9.84 Å². The van der Waals surface area contributed by atoms with Crippen molar-refractivity contribution in [3.8, 4) is 0 Å². The predicted molar refractivity (Wildman–Crippen MR) is 69.9 cm³/mol. The van der Waals surface area contributed by atoms with Crippen molar-refractivity contribution in [3.05, 3.63) is 23.8 Å². The van der Waals surface area contributed by atoms with Crippen molar-refractivity contribution < 1.29 is 14.6 Å². The molecule has 1 saturated carbocycles. The average molecular weight is 250 g/mol. The first-order chi connectivity index (χ1) is 8.18. The van der Waals surface area contributed by atoms with E-state index in [-0.39, 0.29) is 17.8 Å². The van der Waals surface area contributed by atoms with E-state index in [4.69, 9.17) is 4.74 Å². The number of aliphatic hydroxyl groups is 1. The first-order valence-corrected chi connectivity index (χ1v) is 6.53. The van der Waals surface area contributed by atoms with Gasteiger partial charge in [-0.3, -0.25) is 0 Å². The van der Waals surface area contributed by atoms with Crippen LogP contribution in [-0.2, 0) is 9.53 Å². The van der Waals surface area contributed by atoms with Gasteiger partial charge in [-0.25, -0.2) is 4.79 Å². The molecule has 0 bridgehead atoms. The Balaban J connectivity index is 2.46. The van der Waals surface area contributed by atoms with Crippen LogP contribution in [0.25, 0.3) is 0 Å². The van der Waals surface area contributed by atoms with E-state index in [0.717, 1.165) is 18.4 Å². The van der Waals surface area contributed by atoms with Crippen LogP contribution in [0, 0.1) is 11.8 Å². The van der Waals surface area contributed by atoms with Gasteiger partial charge in [0.05, 0.1) is 11.2 Å². The molecule has 1 spiro atoms. The molecule has 1 aliphatic heterocycles. The lowest BCUT2D eigenvalue weighted by Crippen LogP contribution is -2.38. The third-order valence-corrected chi connectivity index (χ3v) is 4.32. The molecule has 0 radical (unpaired) electrons. The summed E-state index contributed by atoms with van der Waals surface area (Å²) in [5.41, 5.74) is -0.316. The first kappa shape index (κ1) is 13.3. The molecule has 2 rings (SSSR count). The summed E-state index contributed by atoms with van der Waals surface area (Å²) < 4.78 is 5.68. The van der Waals surface area contributed by atoms with E-state index >= 15 is 0 Å². The van der Waals surface area contributed by atoms with E-state index < -0.39 is 11.2 Å². The van der Waals surface area contributed by atoms with Crippen LogP contribution in [0.3, 0.4) is 0 Å². The number of ether oxygens (including phenoxy) is 1. The SMILES string of the molecule is C=C(C)C1CCC(C)C12C=C(C(C)(C)O)C(=O)O2. The van der Waals surface area contributed by atoms with Crippen molar-refractivity contribution in [2.45, 2.75) is 51.7 Å². The van der Waals surface area contributed by atoms with Crippen LogP contribution in [-0.4, -0.2) is 22.3 Å². The molecule has 3 nitrogen and oxygen atoms in total. The standard InChI is InChI=1S/C15H22O3/c1-9(2)11-7-6-10(3)15(11)8-12(13(16)18-15)14(4,5)17/h8,10-11,17H,1,6-7H2,2-5H3. The number of carbonyl (C=O) groups excluding carboxylic acids is 1. The Morgan fingerprint density at radius 2 is 2.17 bits per heavy atom. The van der Waals surface area contributed by atoms with Crippen LogP contribution in [0.4, 0.5) is 0 Å². The van der Waals surface area contributed by atoms with Crippen LogP contribution >= 0.6 is 0 Å². The van der Waals surface area contributed by atoms with Gasteiger partial charge >= 0.3 is 5.97 Å². The van der Waals surface area contributed by atoms with Gasteiger partial charge in [0.25, 0.3) is 0 Å². The molecule has 0 aromatic carbocycles. The van der Waals surface area contributed by atoms with E-state index in [1.807, 2.05) is 13.0 Å². The summed E-state index contributed by atoms with van der Waals surface area (Å²) in [5, 5.41) is 10.1. The third kappa shape index (κ3) is 1.81. The zero-order valence-electron chi connectivity index (χ0n) is 11.6. The van der Waals surface area contributed by atoms with Crippen molar-refractivity contribution in [3.63, 3.8) is 0 Å². The fraction of sp³-hybridized carbons (Fsp3) is 0.667. The van der Waals surface area contributed by atoms with Crippen molar-refractivity contribution in [2.75, 3.05) is 0 Å². The lowest BCUT2D eigenvalue weighted by atomic mass is 9.80. The molecule has 3 atom stereocenters. The molecule has 0 aromatic heterocycles. The number of rotatable bonds is 2. The quantitative estimate of drug-likeness (QED) is 0.605. The van der Waals surface area contributed by atoms with Gasteiger partial charge in [-0.1, -0.05) is 19.1 Å². The highest BCUT2D eigenvalue weighted by Crippen LogP contribution is 2.51. The largest absolute Gasteiger partial charge is 0.450 e. The summed E-state index contributed by atoms with van der Waals surface area (Å²) in [7, 11) is 0. The second kappa shape index (κ2) is 3.95. The molecule has 3 heteroatoms. The maximum atomic E-state index is 12.0. The Morgan fingerprint density at radius 3 is 2.61 bits per heavy atom. The van der Waals surface area contributed by atoms with Gasteiger partial charge in [0.2, 0.25) is 0 Å². The molecular formula is C15H22O3. The van der Waals surface area contributed by atoms with Crippen LogP contribution < -0.4 is 0 Å². The molecule has 3 unspecified atom stereocenters. The monoisotopic (exact) mass is 250 g/mol. The minimum Gasteiger partial charge on any atom is -0.450 e. The first-order valence-electron chi connectivity index (χ1n) is 6.53. The van der Waals surface area contributed by atoms with Gasteiger partial charge in [-0.2, -0.15) is 0 Å². The number of esters is 1. The van der Waals surface area contributed by atoms with Gasteiger partial charge in [-0.05, 0) is 39.7 Å². The number of carbonyl (C=O) groups is 1. The normalized spacial score (nSPS) is 35.8. The summed E-state index contributed by atoms with van der Waals surface area (Å²) in [4.78, 5) is 12.0. The van der Waals surface area contributed by atoms with Gasteiger partial charge in [0.15, 0.2) is 0 Å². The van der Waals surface area contributed by atoms with Crippen molar-refractivity contribution >= 4 is 5.97 Å². The Morgan fingerprint density at radius 1 is 1.56 bits per heavy atom. The third-order valence-electron chi connectivity index (χ3n) is 4.32. The molecule has 1 fully saturated rings. The molecule has 0 aromatic rings. The molecule has 0 amide bonds. The zero-order chi connectivity index (χ0) is 13.7. The van der Waals surface area contributed by atoms with Gasteiger partial charge in [0, 0.05) is 11.8 Å². The number of hydrogen-bond acceptors (Lipinski definition) is 3. The minimum absolute atomic E-state index is 0.163. The maximum Gasteiger partial charge on any atom is 0.337 e. The Kier molecular flexibility index (Phi) is 2.93. The van der Waals surface area contributed by atoms with Crippen molar-refractivity contribution in [2.24, 2.45) is 11.8 Å². The second-order valence-corrected chi connectivity index (χ2v) is 6.24. The topological polar surface area (TPSA) is 46.5 Å². The molecule has 0 saturated heterocycles. The molecule has 18 heavy (non-hydrogen) atoms. The smallest absolute Gasteiger partial charge is 0.337 e. The second-order valence-electron chi connectivity index (χ2n) is 6.24. The van der Waals surface area contributed by atoms with Crippen LogP contribution in [0.15, 0.2) is 23.8 Å². The Bertz CT molecular complexity index is 428.